The van der Waals surface area contributed by atoms with Crippen LogP contribution in [0.4, 0.5) is 0 Å². The van der Waals surface area contributed by atoms with Crippen molar-refractivity contribution in [3.05, 3.63) is 0 Å². The van der Waals surface area contributed by atoms with Gasteiger partial charge in [0, 0.05) is 13.2 Å². The smallest absolute Gasteiger partial charge is 0.0701 e. The molecule has 0 aliphatic heterocycles. The van der Waals surface area contributed by atoms with Crippen LogP contribution in [-0.2, 0) is 52.1 Å². The summed E-state index contributed by atoms with van der Waals surface area (Å²) in [5, 5.41) is 0. The van der Waals surface area contributed by atoms with Crippen LogP contribution in [0, 0.1) is 0 Å². The van der Waals surface area contributed by atoms with Crippen LogP contribution in [-0.4, -0.2) is 145 Å². The second-order valence-corrected chi connectivity index (χ2v) is 9.15. The maximum atomic E-state index is 5.52. The van der Waals surface area contributed by atoms with Crippen LogP contribution in [0.5, 0.6) is 0 Å². The van der Waals surface area contributed by atoms with E-state index < -0.39 is 0 Å². The van der Waals surface area contributed by atoms with Crippen LogP contribution in [0.15, 0.2) is 0 Å². The molecular formula is C30H62O11. The summed E-state index contributed by atoms with van der Waals surface area (Å²) in [5.41, 5.74) is 0. The molecule has 0 rings (SSSR count). The van der Waals surface area contributed by atoms with Crippen molar-refractivity contribution in [3.8, 4) is 0 Å². The third kappa shape index (κ3) is 39.6. The second-order valence-electron chi connectivity index (χ2n) is 9.15. The highest BCUT2D eigenvalue weighted by Crippen LogP contribution is 1.98. The first kappa shape index (κ1) is 40.6. The van der Waals surface area contributed by atoms with Gasteiger partial charge in [0.15, 0.2) is 0 Å². The molecule has 0 aromatic rings. The molecule has 0 aromatic carbocycles. The monoisotopic (exact) mass is 598 g/mol. The van der Waals surface area contributed by atoms with Crippen LogP contribution in [0.25, 0.3) is 0 Å². The predicted octanol–water partition coefficient (Wildman–Crippen LogP) is 3.55. The molecular weight excluding hydrogens is 536 g/mol. The second kappa shape index (κ2) is 39.6. The third-order valence-electron chi connectivity index (χ3n) is 5.50. The van der Waals surface area contributed by atoms with E-state index in [0.717, 1.165) is 32.5 Å². The van der Waals surface area contributed by atoms with Crippen molar-refractivity contribution in [1.82, 2.24) is 0 Å². The van der Waals surface area contributed by atoms with E-state index in [1.165, 1.54) is 19.3 Å². The fraction of sp³-hybridized carbons (Fsp3) is 1.00. The molecule has 0 atom stereocenters. The molecule has 0 bridgehead atoms. The highest BCUT2D eigenvalue weighted by molar-refractivity contribution is 4.41. The Kier molecular flexibility index (Phi) is 39.1. The Morgan fingerprint density at radius 2 is 0.390 bits per heavy atom. The lowest BCUT2D eigenvalue weighted by Gasteiger charge is -2.09. The first-order valence-corrected chi connectivity index (χ1v) is 15.8. The molecule has 11 nitrogen and oxygen atoms in total. The maximum absolute atomic E-state index is 5.52. The van der Waals surface area contributed by atoms with E-state index in [0.29, 0.717) is 132 Å². The molecule has 0 unspecified atom stereocenters. The van der Waals surface area contributed by atoms with Gasteiger partial charge in [-0.2, -0.15) is 0 Å². The average molecular weight is 599 g/mol. The van der Waals surface area contributed by atoms with Gasteiger partial charge in [-0.1, -0.05) is 39.5 Å². The van der Waals surface area contributed by atoms with E-state index in [1.54, 1.807) is 0 Å². The summed E-state index contributed by atoms with van der Waals surface area (Å²) in [4.78, 5) is 0. The molecule has 0 saturated heterocycles. The topological polar surface area (TPSA) is 102 Å². The average Bonchev–Trinajstić information content (AvgIpc) is 2.98. The molecule has 0 radical (unpaired) electrons. The summed E-state index contributed by atoms with van der Waals surface area (Å²) < 4.78 is 60.2. The Labute approximate surface area is 250 Å². The highest BCUT2D eigenvalue weighted by Gasteiger charge is 1.96. The SMILES string of the molecule is CCCCCCOCCOCCOCCOCCOCCOCCOCCOCCOCCOCCOCCCC. The lowest BCUT2D eigenvalue weighted by Crippen LogP contribution is -2.15. The van der Waals surface area contributed by atoms with Crippen molar-refractivity contribution < 1.29 is 52.1 Å². The van der Waals surface area contributed by atoms with E-state index in [4.69, 9.17) is 52.1 Å². The minimum Gasteiger partial charge on any atom is -0.379 e. The van der Waals surface area contributed by atoms with Gasteiger partial charge in [0.1, 0.15) is 0 Å². The lowest BCUT2D eigenvalue weighted by atomic mass is 10.2. The van der Waals surface area contributed by atoms with E-state index in [2.05, 4.69) is 13.8 Å². The Bertz CT molecular complexity index is 409. The number of rotatable bonds is 38. The van der Waals surface area contributed by atoms with Crippen molar-refractivity contribution in [2.75, 3.05) is 145 Å². The number of ether oxygens (including phenoxy) is 11. The summed E-state index contributed by atoms with van der Waals surface area (Å²) in [5.74, 6) is 0. The summed E-state index contributed by atoms with van der Waals surface area (Å²) in [6.45, 7) is 17.2. The Hall–Kier alpha value is -0.440. The van der Waals surface area contributed by atoms with E-state index in [9.17, 15) is 0 Å². The zero-order chi connectivity index (χ0) is 29.6. The van der Waals surface area contributed by atoms with Gasteiger partial charge in [0.2, 0.25) is 0 Å². The van der Waals surface area contributed by atoms with Crippen LogP contribution in [0.2, 0.25) is 0 Å². The Morgan fingerprint density at radius 3 is 0.610 bits per heavy atom. The number of hydrogen-bond acceptors (Lipinski definition) is 11. The van der Waals surface area contributed by atoms with E-state index >= 15 is 0 Å². The molecule has 0 aliphatic carbocycles. The van der Waals surface area contributed by atoms with Gasteiger partial charge in [0.25, 0.3) is 0 Å². The van der Waals surface area contributed by atoms with Gasteiger partial charge in [-0.05, 0) is 12.8 Å². The molecule has 0 fully saturated rings. The number of hydrogen-bond donors (Lipinski definition) is 0. The van der Waals surface area contributed by atoms with Crippen molar-refractivity contribution in [2.24, 2.45) is 0 Å². The molecule has 0 aromatic heterocycles. The van der Waals surface area contributed by atoms with Gasteiger partial charge in [-0.25, -0.2) is 0 Å². The van der Waals surface area contributed by atoms with Gasteiger partial charge in [-0.3, -0.25) is 0 Å². The van der Waals surface area contributed by atoms with Gasteiger partial charge >= 0.3 is 0 Å². The Morgan fingerprint density at radius 1 is 0.195 bits per heavy atom. The third-order valence-corrected chi connectivity index (χ3v) is 5.50. The number of unbranched alkanes of at least 4 members (excludes halogenated alkanes) is 4. The fourth-order valence-electron chi connectivity index (χ4n) is 3.18. The quantitative estimate of drug-likeness (QED) is 0.0976. The van der Waals surface area contributed by atoms with Crippen molar-refractivity contribution in [2.45, 2.75) is 52.4 Å². The molecule has 0 amide bonds. The summed E-state index contributed by atoms with van der Waals surface area (Å²) in [7, 11) is 0. The van der Waals surface area contributed by atoms with Crippen LogP contribution < -0.4 is 0 Å². The van der Waals surface area contributed by atoms with Gasteiger partial charge in [-0.15, -0.1) is 0 Å². The zero-order valence-corrected chi connectivity index (χ0v) is 26.3. The first-order valence-electron chi connectivity index (χ1n) is 15.8. The Balaban J connectivity index is 3.02. The van der Waals surface area contributed by atoms with E-state index in [-0.39, 0.29) is 0 Å². The van der Waals surface area contributed by atoms with Gasteiger partial charge < -0.3 is 52.1 Å². The van der Waals surface area contributed by atoms with Crippen molar-refractivity contribution >= 4 is 0 Å². The molecule has 0 saturated carbocycles. The van der Waals surface area contributed by atoms with Crippen molar-refractivity contribution in [3.63, 3.8) is 0 Å². The molecule has 11 heteroatoms. The summed E-state index contributed by atoms with van der Waals surface area (Å²) in [6.07, 6.45) is 7.16. The van der Waals surface area contributed by atoms with Crippen LogP contribution in [0.3, 0.4) is 0 Å². The molecule has 41 heavy (non-hydrogen) atoms. The zero-order valence-electron chi connectivity index (χ0n) is 26.3. The van der Waals surface area contributed by atoms with Crippen LogP contribution >= 0.6 is 0 Å². The molecule has 0 heterocycles. The molecule has 248 valence electrons. The maximum Gasteiger partial charge on any atom is 0.0701 e. The van der Waals surface area contributed by atoms with Gasteiger partial charge in [0.05, 0.1) is 132 Å². The highest BCUT2D eigenvalue weighted by atomic mass is 16.6. The normalized spacial score (nSPS) is 11.6. The van der Waals surface area contributed by atoms with E-state index in [1.807, 2.05) is 0 Å². The lowest BCUT2D eigenvalue weighted by molar-refractivity contribution is -0.0275. The molecule has 0 spiro atoms. The first-order chi connectivity index (χ1) is 20.4. The van der Waals surface area contributed by atoms with Crippen LogP contribution in [0.1, 0.15) is 52.4 Å². The minimum absolute atomic E-state index is 0.528. The largest absolute Gasteiger partial charge is 0.379 e. The summed E-state index contributed by atoms with van der Waals surface area (Å²) in [6, 6.07) is 0. The predicted molar refractivity (Wildman–Crippen MR) is 158 cm³/mol. The summed E-state index contributed by atoms with van der Waals surface area (Å²) >= 11 is 0. The molecule has 0 N–H and O–H groups in total. The molecule has 0 aliphatic rings. The minimum atomic E-state index is 0.528. The van der Waals surface area contributed by atoms with Crippen molar-refractivity contribution in [1.29, 1.82) is 0 Å². The standard InChI is InChI=1S/C30H62O11/c1-3-5-7-8-10-32-12-14-34-16-18-36-20-22-38-24-26-40-28-30-41-29-27-39-25-23-37-21-19-35-17-15-33-13-11-31-9-6-4-2/h3-30H2,1-2H3. The fourth-order valence-corrected chi connectivity index (χ4v) is 3.18.